The van der Waals surface area contributed by atoms with Crippen LogP contribution in [0.5, 0.6) is 0 Å². The minimum Gasteiger partial charge on any atom is -0.462 e. The molecule has 19 heteroatoms. The summed E-state index contributed by atoms with van der Waals surface area (Å²) < 4.78 is 68.2. The molecule has 0 aliphatic heterocycles. The molecule has 0 aromatic heterocycles. The molecule has 0 aromatic carbocycles. The molecule has 0 bridgehead atoms. The number of rotatable bonds is 69. The van der Waals surface area contributed by atoms with Crippen molar-refractivity contribution in [3.8, 4) is 0 Å². The third kappa shape index (κ3) is 63.9. The zero-order valence-electron chi connectivity index (χ0n) is 59.5. The van der Waals surface area contributed by atoms with Gasteiger partial charge in [-0.25, -0.2) is 9.13 Å². The van der Waals surface area contributed by atoms with E-state index in [2.05, 4.69) is 55.4 Å². The van der Waals surface area contributed by atoms with E-state index in [1.54, 1.807) is 0 Å². The fourth-order valence-corrected chi connectivity index (χ4v) is 12.4. The molecule has 0 spiro atoms. The van der Waals surface area contributed by atoms with Crippen molar-refractivity contribution in [2.45, 2.75) is 375 Å². The Kier molecular flexibility index (Phi) is 60.3. The van der Waals surface area contributed by atoms with Gasteiger partial charge in [-0.05, 0) is 49.4 Å². The maximum atomic E-state index is 13.0. The minimum absolute atomic E-state index is 0.102. The molecule has 0 amide bonds. The lowest BCUT2D eigenvalue weighted by atomic mass is 9.99. The van der Waals surface area contributed by atoms with Gasteiger partial charge in [-0.1, -0.05) is 306 Å². The Labute approximate surface area is 556 Å². The zero-order valence-corrected chi connectivity index (χ0v) is 61.3. The largest absolute Gasteiger partial charge is 0.472 e. The van der Waals surface area contributed by atoms with Gasteiger partial charge in [0.05, 0.1) is 26.4 Å². The lowest BCUT2D eigenvalue weighted by Crippen LogP contribution is -2.30. The van der Waals surface area contributed by atoms with Crippen LogP contribution in [0.15, 0.2) is 0 Å². The highest BCUT2D eigenvalue weighted by Gasteiger charge is 2.30. The summed E-state index contributed by atoms with van der Waals surface area (Å²) in [6.07, 6.45) is 45.0. The molecule has 5 unspecified atom stereocenters. The van der Waals surface area contributed by atoms with Crippen molar-refractivity contribution in [1.82, 2.24) is 0 Å². The molecule has 540 valence electrons. The number of hydrogen-bond acceptors (Lipinski definition) is 15. The van der Waals surface area contributed by atoms with Gasteiger partial charge in [0.25, 0.3) is 0 Å². The third-order valence-corrected chi connectivity index (χ3v) is 19.2. The number of unbranched alkanes of at least 4 members (excludes halogenated alkanes) is 33. The van der Waals surface area contributed by atoms with E-state index in [-0.39, 0.29) is 25.7 Å². The van der Waals surface area contributed by atoms with Gasteiger partial charge in [0.15, 0.2) is 12.2 Å². The van der Waals surface area contributed by atoms with Gasteiger partial charge < -0.3 is 33.8 Å². The van der Waals surface area contributed by atoms with Crippen LogP contribution in [0, 0.1) is 23.7 Å². The first-order valence-corrected chi connectivity index (χ1v) is 40.3. The molecule has 7 atom stereocenters. The number of carbonyl (C=O) groups excluding carboxylic acids is 4. The second-order valence-corrected chi connectivity index (χ2v) is 30.3. The molecule has 17 nitrogen and oxygen atoms in total. The minimum atomic E-state index is -4.95. The lowest BCUT2D eigenvalue weighted by Gasteiger charge is -2.21. The van der Waals surface area contributed by atoms with E-state index in [1.807, 2.05) is 0 Å². The third-order valence-electron chi connectivity index (χ3n) is 17.3. The fourth-order valence-electron chi connectivity index (χ4n) is 10.8. The van der Waals surface area contributed by atoms with Gasteiger partial charge in [-0.3, -0.25) is 37.3 Å². The molecular formula is C72H140O17P2. The predicted octanol–water partition coefficient (Wildman–Crippen LogP) is 20.5. The number of carbonyl (C=O) groups is 4. The van der Waals surface area contributed by atoms with Crippen molar-refractivity contribution in [3.05, 3.63) is 0 Å². The van der Waals surface area contributed by atoms with Crippen molar-refractivity contribution in [3.63, 3.8) is 0 Å². The van der Waals surface area contributed by atoms with Crippen LogP contribution in [0.4, 0.5) is 0 Å². The summed E-state index contributed by atoms with van der Waals surface area (Å²) in [6.45, 7) is 14.0. The SMILES string of the molecule is CCC(C)CCCCCCCCCCCCCCCCCCCCC(=O)OC[C@H](COP(=O)(O)OCC(O)COP(=O)(O)OC[C@@H](COC(=O)CCCCCCCCCC(C)C)OC(=O)CCCCCCCCC(C)CC)OC(=O)CCCCCCCCC(C)C. The number of ether oxygens (including phenoxy) is 4. The summed E-state index contributed by atoms with van der Waals surface area (Å²) in [7, 11) is -9.90. The number of hydrogen-bond donors (Lipinski definition) is 3. The number of aliphatic hydroxyl groups is 1. The molecule has 0 fully saturated rings. The standard InChI is InChI=1S/C72H140O17P2/c1-9-64(7)50-42-34-25-21-19-17-15-13-11-12-14-16-18-20-22-26-36-44-52-69(74)82-58-67(88-71(76)54-46-38-30-28-33-41-49-63(5)6)60-86-90(78,79)84-56-66(73)57-85-91(80,81)87-61-68(89-72(77)55-47-39-31-29-35-43-51-65(8)10-2)59-83-70(75)53-45-37-27-23-24-32-40-48-62(3)4/h62-68,73H,9-61H2,1-8H3,(H,78,79)(H,80,81)/t64?,65?,66?,67-,68-/m1/s1. The Hall–Kier alpha value is -1.94. The smallest absolute Gasteiger partial charge is 0.462 e. The van der Waals surface area contributed by atoms with Crippen molar-refractivity contribution in [2.75, 3.05) is 39.6 Å². The highest BCUT2D eigenvalue weighted by atomic mass is 31.2. The predicted molar refractivity (Wildman–Crippen MR) is 367 cm³/mol. The van der Waals surface area contributed by atoms with Gasteiger partial charge >= 0.3 is 39.5 Å². The number of esters is 4. The molecule has 3 N–H and O–H groups in total. The van der Waals surface area contributed by atoms with Crippen molar-refractivity contribution < 1.29 is 80.2 Å². The zero-order chi connectivity index (χ0) is 67.5. The van der Waals surface area contributed by atoms with Crippen LogP contribution in [0.1, 0.15) is 357 Å². The second-order valence-electron chi connectivity index (χ2n) is 27.4. The average molecular weight is 1340 g/mol. The average Bonchev–Trinajstić information content (AvgIpc) is 3.51. The van der Waals surface area contributed by atoms with E-state index >= 15 is 0 Å². The summed E-state index contributed by atoms with van der Waals surface area (Å²) >= 11 is 0. The Bertz CT molecular complexity index is 1800. The van der Waals surface area contributed by atoms with E-state index in [9.17, 15) is 43.2 Å². The molecule has 0 aromatic rings. The van der Waals surface area contributed by atoms with E-state index < -0.39 is 97.5 Å². The van der Waals surface area contributed by atoms with E-state index in [0.717, 1.165) is 108 Å². The van der Waals surface area contributed by atoms with E-state index in [4.69, 9.17) is 37.0 Å². The first-order valence-electron chi connectivity index (χ1n) is 37.3. The first-order chi connectivity index (χ1) is 43.7. The normalized spacial score (nSPS) is 14.8. The molecule has 0 aliphatic carbocycles. The van der Waals surface area contributed by atoms with Crippen LogP contribution in [-0.4, -0.2) is 96.7 Å². The van der Waals surface area contributed by atoms with Crippen molar-refractivity contribution >= 4 is 39.5 Å². The van der Waals surface area contributed by atoms with Crippen LogP contribution < -0.4 is 0 Å². The fraction of sp³-hybridized carbons (Fsp3) is 0.944. The quantitative estimate of drug-likeness (QED) is 0.0222. The summed E-state index contributed by atoms with van der Waals surface area (Å²) in [5, 5.41) is 10.6. The lowest BCUT2D eigenvalue weighted by molar-refractivity contribution is -0.161. The maximum Gasteiger partial charge on any atom is 0.472 e. The van der Waals surface area contributed by atoms with E-state index in [1.165, 1.54) is 154 Å². The van der Waals surface area contributed by atoms with Crippen molar-refractivity contribution in [2.24, 2.45) is 23.7 Å². The second kappa shape index (κ2) is 61.6. The molecule has 0 rings (SSSR count). The first kappa shape index (κ1) is 89.1. The highest BCUT2D eigenvalue weighted by Crippen LogP contribution is 2.45. The molecular weight excluding hydrogens is 1200 g/mol. The van der Waals surface area contributed by atoms with E-state index in [0.29, 0.717) is 37.5 Å². The van der Waals surface area contributed by atoms with Crippen molar-refractivity contribution in [1.29, 1.82) is 0 Å². The Balaban J connectivity index is 5.09. The highest BCUT2D eigenvalue weighted by molar-refractivity contribution is 7.47. The topological polar surface area (TPSA) is 237 Å². The molecule has 0 saturated heterocycles. The van der Waals surface area contributed by atoms with Gasteiger partial charge in [0.1, 0.15) is 19.3 Å². The monoisotopic (exact) mass is 1340 g/mol. The number of phosphoric acid groups is 2. The number of aliphatic hydroxyl groups excluding tert-OH is 1. The maximum absolute atomic E-state index is 13.0. The van der Waals surface area contributed by atoms with Crippen LogP contribution >= 0.6 is 15.6 Å². The summed E-state index contributed by atoms with van der Waals surface area (Å²) in [5.74, 6) is 0.832. The number of phosphoric ester groups is 2. The van der Waals surface area contributed by atoms with Crippen LogP contribution in [0.2, 0.25) is 0 Å². The molecule has 0 aliphatic rings. The van der Waals surface area contributed by atoms with Gasteiger partial charge in [0.2, 0.25) is 0 Å². The Morgan fingerprint density at radius 2 is 0.527 bits per heavy atom. The summed E-state index contributed by atoms with van der Waals surface area (Å²) in [5.41, 5.74) is 0. The van der Waals surface area contributed by atoms with Gasteiger partial charge in [0, 0.05) is 25.7 Å². The Morgan fingerprint density at radius 3 is 0.780 bits per heavy atom. The molecule has 0 radical (unpaired) electrons. The Morgan fingerprint density at radius 1 is 0.308 bits per heavy atom. The summed E-state index contributed by atoms with van der Waals surface area (Å²) in [4.78, 5) is 72.4. The van der Waals surface area contributed by atoms with Crippen LogP contribution in [-0.2, 0) is 65.4 Å². The van der Waals surface area contributed by atoms with Crippen LogP contribution in [0.3, 0.4) is 0 Å². The molecule has 91 heavy (non-hydrogen) atoms. The molecule has 0 heterocycles. The van der Waals surface area contributed by atoms with Crippen LogP contribution in [0.25, 0.3) is 0 Å². The molecule has 0 saturated carbocycles. The van der Waals surface area contributed by atoms with Gasteiger partial charge in [-0.15, -0.1) is 0 Å². The van der Waals surface area contributed by atoms with Gasteiger partial charge in [-0.2, -0.15) is 0 Å². The summed E-state index contributed by atoms with van der Waals surface area (Å²) in [6, 6.07) is 0.